The van der Waals surface area contributed by atoms with Gasteiger partial charge in [0.05, 0.1) is 0 Å². The molecule has 0 aromatic heterocycles. The molecule has 0 saturated carbocycles. The van der Waals surface area contributed by atoms with Gasteiger partial charge in [-0.05, 0) is 17.5 Å². The fourth-order valence-electron chi connectivity index (χ4n) is 2.16. The van der Waals surface area contributed by atoms with Gasteiger partial charge in [0.25, 0.3) is 0 Å². The van der Waals surface area contributed by atoms with E-state index in [1.54, 1.807) is 6.08 Å². The van der Waals surface area contributed by atoms with E-state index >= 15 is 0 Å². The number of nitrogens with two attached hydrogens (primary N) is 1. The third-order valence-corrected chi connectivity index (χ3v) is 2.95. The second-order valence-electron chi connectivity index (χ2n) is 3.96. The van der Waals surface area contributed by atoms with Crippen molar-refractivity contribution in [1.29, 1.82) is 0 Å². The quantitative estimate of drug-likeness (QED) is 0.808. The number of hydrogen-bond donors (Lipinski definition) is 1. The van der Waals surface area contributed by atoms with Crippen molar-refractivity contribution in [3.63, 3.8) is 0 Å². The SMILES string of the molecule is NC(=O)C1=CCOc2c1ccc1ccccc21. The first-order chi connectivity index (χ1) is 8.27. The van der Waals surface area contributed by atoms with Crippen molar-refractivity contribution >= 4 is 22.3 Å². The summed E-state index contributed by atoms with van der Waals surface area (Å²) in [5, 5.41) is 2.11. The van der Waals surface area contributed by atoms with Gasteiger partial charge in [-0.15, -0.1) is 0 Å². The van der Waals surface area contributed by atoms with E-state index in [4.69, 9.17) is 10.5 Å². The third-order valence-electron chi connectivity index (χ3n) is 2.95. The van der Waals surface area contributed by atoms with E-state index in [0.29, 0.717) is 12.2 Å². The van der Waals surface area contributed by atoms with Crippen molar-refractivity contribution in [1.82, 2.24) is 0 Å². The van der Waals surface area contributed by atoms with Crippen LogP contribution in [-0.4, -0.2) is 12.5 Å². The maximum absolute atomic E-state index is 11.4. The van der Waals surface area contributed by atoms with Crippen LogP contribution in [0.3, 0.4) is 0 Å². The number of hydrogen-bond acceptors (Lipinski definition) is 2. The molecule has 17 heavy (non-hydrogen) atoms. The summed E-state index contributed by atoms with van der Waals surface area (Å²) in [6.07, 6.45) is 1.72. The van der Waals surface area contributed by atoms with E-state index in [1.807, 2.05) is 36.4 Å². The second-order valence-corrected chi connectivity index (χ2v) is 3.96. The number of benzene rings is 2. The lowest BCUT2D eigenvalue weighted by molar-refractivity contribution is -0.112. The second kappa shape index (κ2) is 3.63. The van der Waals surface area contributed by atoms with Crippen LogP contribution < -0.4 is 10.5 Å². The predicted molar refractivity (Wildman–Crippen MR) is 66.6 cm³/mol. The Morgan fingerprint density at radius 1 is 1.18 bits per heavy atom. The largest absolute Gasteiger partial charge is 0.488 e. The fourth-order valence-corrected chi connectivity index (χ4v) is 2.16. The molecule has 0 bridgehead atoms. The van der Waals surface area contributed by atoms with E-state index in [2.05, 4.69) is 0 Å². The molecule has 3 heteroatoms. The van der Waals surface area contributed by atoms with E-state index in [0.717, 1.165) is 22.1 Å². The normalized spacial score (nSPS) is 13.8. The molecule has 2 aromatic rings. The molecule has 84 valence electrons. The van der Waals surface area contributed by atoms with Crippen LogP contribution in [0.2, 0.25) is 0 Å². The smallest absolute Gasteiger partial charge is 0.249 e. The lowest BCUT2D eigenvalue weighted by Crippen LogP contribution is -2.17. The van der Waals surface area contributed by atoms with E-state index in [-0.39, 0.29) is 0 Å². The number of carbonyl (C=O) groups is 1. The maximum atomic E-state index is 11.4. The van der Waals surface area contributed by atoms with E-state index < -0.39 is 5.91 Å². The van der Waals surface area contributed by atoms with Gasteiger partial charge in [0.1, 0.15) is 12.4 Å². The molecule has 2 aromatic carbocycles. The van der Waals surface area contributed by atoms with Gasteiger partial charge < -0.3 is 10.5 Å². The molecule has 3 nitrogen and oxygen atoms in total. The van der Waals surface area contributed by atoms with Gasteiger partial charge in [-0.25, -0.2) is 0 Å². The summed E-state index contributed by atoms with van der Waals surface area (Å²) in [6.45, 7) is 0.388. The lowest BCUT2D eigenvalue weighted by Gasteiger charge is -2.18. The Labute approximate surface area is 98.5 Å². The number of ether oxygens (including phenoxy) is 1. The number of carbonyl (C=O) groups excluding carboxylic acids is 1. The molecule has 0 radical (unpaired) electrons. The minimum atomic E-state index is -0.412. The van der Waals surface area contributed by atoms with Crippen molar-refractivity contribution in [3.8, 4) is 5.75 Å². The molecule has 0 spiro atoms. The molecule has 0 saturated heterocycles. The average Bonchev–Trinajstić information content (AvgIpc) is 2.37. The summed E-state index contributed by atoms with van der Waals surface area (Å²) in [4.78, 5) is 11.4. The summed E-state index contributed by atoms with van der Waals surface area (Å²) in [5.74, 6) is 0.337. The highest BCUT2D eigenvalue weighted by atomic mass is 16.5. The van der Waals surface area contributed by atoms with Gasteiger partial charge in [-0.1, -0.05) is 30.3 Å². The van der Waals surface area contributed by atoms with Crippen LogP contribution in [0.25, 0.3) is 16.3 Å². The third kappa shape index (κ3) is 1.47. The number of fused-ring (bicyclic) bond motifs is 3. The Balaban J connectivity index is 2.32. The van der Waals surface area contributed by atoms with E-state index in [9.17, 15) is 4.79 Å². The average molecular weight is 225 g/mol. The van der Waals surface area contributed by atoms with Crippen LogP contribution in [-0.2, 0) is 4.79 Å². The summed E-state index contributed by atoms with van der Waals surface area (Å²) < 4.78 is 5.63. The van der Waals surface area contributed by atoms with Gasteiger partial charge in [0.15, 0.2) is 0 Å². The summed E-state index contributed by atoms with van der Waals surface area (Å²) >= 11 is 0. The molecule has 1 aliphatic heterocycles. The highest BCUT2D eigenvalue weighted by molar-refractivity contribution is 6.21. The first-order valence-electron chi connectivity index (χ1n) is 5.42. The molecular weight excluding hydrogens is 214 g/mol. The minimum absolute atomic E-state index is 0.388. The first kappa shape index (κ1) is 9.90. The predicted octanol–water partition coefficient (Wildman–Crippen LogP) is 2.10. The van der Waals surface area contributed by atoms with Gasteiger partial charge in [-0.3, -0.25) is 4.79 Å². The molecule has 2 N–H and O–H groups in total. The van der Waals surface area contributed by atoms with Crippen molar-refractivity contribution in [2.24, 2.45) is 5.73 Å². The van der Waals surface area contributed by atoms with Crippen LogP contribution >= 0.6 is 0 Å². The molecule has 0 atom stereocenters. The zero-order chi connectivity index (χ0) is 11.8. The fraction of sp³-hybridized carbons (Fsp3) is 0.0714. The monoisotopic (exact) mass is 225 g/mol. The van der Waals surface area contributed by atoms with Crippen molar-refractivity contribution in [2.45, 2.75) is 0 Å². The Morgan fingerprint density at radius 2 is 2.00 bits per heavy atom. The maximum Gasteiger partial charge on any atom is 0.249 e. The topological polar surface area (TPSA) is 52.3 Å². The molecule has 3 rings (SSSR count). The van der Waals surface area contributed by atoms with Gasteiger partial charge in [0, 0.05) is 16.5 Å². The summed E-state index contributed by atoms with van der Waals surface area (Å²) in [6, 6.07) is 11.8. The first-order valence-corrected chi connectivity index (χ1v) is 5.42. The zero-order valence-corrected chi connectivity index (χ0v) is 9.14. The van der Waals surface area contributed by atoms with Crippen molar-refractivity contribution in [2.75, 3.05) is 6.61 Å². The minimum Gasteiger partial charge on any atom is -0.488 e. The van der Waals surface area contributed by atoms with Crippen molar-refractivity contribution in [3.05, 3.63) is 48.0 Å². The summed E-state index contributed by atoms with van der Waals surface area (Å²) in [5.41, 5.74) is 6.68. The van der Waals surface area contributed by atoms with Crippen molar-refractivity contribution < 1.29 is 9.53 Å². The zero-order valence-electron chi connectivity index (χ0n) is 9.14. The van der Waals surface area contributed by atoms with Crippen LogP contribution in [0, 0.1) is 0 Å². The summed E-state index contributed by atoms with van der Waals surface area (Å²) in [7, 11) is 0. The van der Waals surface area contributed by atoms with E-state index in [1.165, 1.54) is 0 Å². The molecule has 1 heterocycles. The van der Waals surface area contributed by atoms with Gasteiger partial charge in [-0.2, -0.15) is 0 Å². The molecule has 0 fully saturated rings. The molecule has 1 aliphatic rings. The number of rotatable bonds is 1. The molecule has 0 unspecified atom stereocenters. The Bertz CT molecular complexity index is 644. The van der Waals surface area contributed by atoms with Crippen LogP contribution in [0.4, 0.5) is 0 Å². The Hall–Kier alpha value is -2.29. The highest BCUT2D eigenvalue weighted by Gasteiger charge is 2.19. The number of amides is 1. The molecular formula is C14H11NO2. The van der Waals surface area contributed by atoms with Crippen LogP contribution in [0.5, 0.6) is 5.75 Å². The van der Waals surface area contributed by atoms with Gasteiger partial charge in [0.2, 0.25) is 5.91 Å². The Morgan fingerprint density at radius 3 is 2.82 bits per heavy atom. The van der Waals surface area contributed by atoms with Crippen LogP contribution in [0.1, 0.15) is 5.56 Å². The molecule has 1 amide bonds. The molecule has 0 aliphatic carbocycles. The number of primary amides is 1. The van der Waals surface area contributed by atoms with Gasteiger partial charge >= 0.3 is 0 Å². The standard InChI is InChI=1S/C14H11NO2/c15-14(16)12-7-8-17-13-10-4-2-1-3-9(10)5-6-11(12)13/h1-7H,8H2,(H2,15,16). The highest BCUT2D eigenvalue weighted by Crippen LogP contribution is 2.36. The Kier molecular flexibility index (Phi) is 2.11. The van der Waals surface area contributed by atoms with Crippen LogP contribution in [0.15, 0.2) is 42.5 Å². The lowest BCUT2D eigenvalue weighted by atomic mass is 9.97.